The van der Waals surface area contributed by atoms with Gasteiger partial charge in [-0.2, -0.15) is 0 Å². The van der Waals surface area contributed by atoms with E-state index in [1.54, 1.807) is 0 Å². The highest BCUT2D eigenvalue weighted by Crippen LogP contribution is 2.42. The third-order valence-corrected chi connectivity index (χ3v) is 10.1. The summed E-state index contributed by atoms with van der Waals surface area (Å²) in [5, 5.41) is 0. The summed E-state index contributed by atoms with van der Waals surface area (Å²) in [6.45, 7) is 34.6. The van der Waals surface area contributed by atoms with E-state index in [0.29, 0.717) is 0 Å². The maximum atomic E-state index is 2.53. The zero-order valence-corrected chi connectivity index (χ0v) is 186. The zero-order valence-electron chi connectivity index (χ0n) is 46.1. The summed E-state index contributed by atoms with van der Waals surface area (Å²) < 4.78 is 0. The molecule has 0 fully saturated rings. The molecule has 0 spiro atoms. The van der Waals surface area contributed by atoms with Crippen molar-refractivity contribution in [2.75, 3.05) is 0 Å². The summed E-state index contributed by atoms with van der Waals surface area (Å²) in [6.07, 6.45) is 1.30. The monoisotopic (exact) mass is 8260 g/mol. The second-order valence-electron chi connectivity index (χ2n) is 11.2. The Morgan fingerprint density at radius 1 is 0.110 bits per heavy atom. The lowest BCUT2D eigenvalue weighted by Gasteiger charge is -2.42. The maximum Gasteiger partial charge on any atom is -0.0386 e. The molecule has 60 heteroatoms. The van der Waals surface area contributed by atoms with Crippen molar-refractivity contribution in [3.05, 3.63) is 0 Å². The fraction of sp³-hybridized carbons (Fsp3) is 1.00. The molecule has 11 unspecified atom stereocenters. The summed E-state index contributed by atoms with van der Waals surface area (Å²) >= 11 is 0. The molecule has 0 amide bonds. The van der Waals surface area contributed by atoms with Crippen molar-refractivity contribution in [1.82, 2.24) is 0 Å². The minimum atomic E-state index is 0. The lowest BCUT2D eigenvalue weighted by atomic mass is 9.64. The fourth-order valence-corrected chi connectivity index (χ4v) is 5.33. The Bertz CT molecular complexity index is 481. The summed E-state index contributed by atoms with van der Waals surface area (Å²) in [5.41, 5.74) is 0. The van der Waals surface area contributed by atoms with E-state index in [1.807, 2.05) is 0 Å². The Morgan fingerprint density at radius 2 is 0.170 bits per heavy atom. The van der Waals surface area contributed by atoms with E-state index in [0.717, 1.165) is 71.0 Å². The van der Waals surface area contributed by atoms with Crippen LogP contribution in [0.1, 0.15) is 200 Å². The second-order valence-corrected chi connectivity index (χ2v) is 11.2. The standard InChI is InChI=1S/C27H56.13CH4.60HI/c1-15-17(4)19(6)21(8)23(10)25(12)27(14)26(13)24(11)22(9)20(7)18(5)16(2)3;;;;;;;;;;;;;;;;;;;;;;;;;;;;;;;;;;;;;;;;;;;;;;;;;;;;;;;;;;;;;;;;;;;;;;;;;/h16-27H,15H2,1-14H3;13*1H4;60*1H. The highest BCUT2D eigenvalue weighted by molar-refractivity contribution is 14.1. The van der Waals surface area contributed by atoms with E-state index in [1.165, 1.54) is 6.42 Å². The van der Waals surface area contributed by atoms with Gasteiger partial charge in [0.05, 0.1) is 0 Å². The van der Waals surface area contributed by atoms with Crippen LogP contribution in [0.15, 0.2) is 0 Å². The average Bonchev–Trinajstić information content (AvgIpc) is 2.66. The number of hydrogen-bond acceptors (Lipinski definition) is 0. The van der Waals surface area contributed by atoms with E-state index in [-0.39, 0.29) is 1540 Å². The van der Waals surface area contributed by atoms with Crippen molar-refractivity contribution >= 4 is 1440 Å². The Labute approximate surface area is 1660 Å². The summed E-state index contributed by atoms with van der Waals surface area (Å²) in [4.78, 5) is 0. The van der Waals surface area contributed by atoms with Crippen LogP contribution in [0.5, 0.6) is 0 Å². The summed E-state index contributed by atoms with van der Waals surface area (Å²) in [6, 6.07) is 0. The van der Waals surface area contributed by atoms with E-state index >= 15 is 0 Å². The lowest BCUT2D eigenvalue weighted by molar-refractivity contribution is 0.0697. The Hall–Kier alpha value is 43.8. The first-order valence-corrected chi connectivity index (χ1v) is 12.3. The molecule has 0 aromatic carbocycles. The number of hydrogen-bond donors (Lipinski definition) is 0. The van der Waals surface area contributed by atoms with Crippen molar-refractivity contribution in [3.63, 3.8) is 0 Å². The van der Waals surface area contributed by atoms with Crippen LogP contribution >= 0.6 is 1440 Å². The van der Waals surface area contributed by atoms with Crippen LogP contribution in [0.2, 0.25) is 0 Å². The number of halogens is 60. The molecule has 0 rings (SSSR count). The first-order chi connectivity index (χ1) is 12.3. The van der Waals surface area contributed by atoms with Crippen LogP contribution in [-0.2, 0) is 0 Å². The van der Waals surface area contributed by atoms with E-state index < -0.39 is 0 Å². The van der Waals surface area contributed by atoms with Crippen molar-refractivity contribution in [1.29, 1.82) is 0 Å². The van der Waals surface area contributed by atoms with Gasteiger partial charge >= 0.3 is 0 Å². The molecule has 0 aromatic rings. The molecular weight excluding hydrogens is 8090 g/mol. The van der Waals surface area contributed by atoms with Crippen molar-refractivity contribution in [2.24, 2.45) is 71.0 Å². The Balaban J connectivity index is -0.00000000129. The van der Waals surface area contributed by atoms with Gasteiger partial charge in [-0.1, -0.05) is 200 Å². The molecule has 0 N–H and O–H groups in total. The topological polar surface area (TPSA) is 0 Å². The van der Waals surface area contributed by atoms with Gasteiger partial charge in [0.15, 0.2) is 0 Å². The van der Waals surface area contributed by atoms with Crippen LogP contribution in [-0.4, -0.2) is 0 Å². The smallest absolute Gasteiger partial charge is 0.0386 e. The van der Waals surface area contributed by atoms with Gasteiger partial charge in [-0.25, -0.2) is 0 Å². The molecule has 0 heterocycles. The molecule has 0 nitrogen and oxygen atoms in total. The maximum absolute atomic E-state index is 2.53. The molecule has 11 atom stereocenters. The predicted molar refractivity (Wildman–Crippen MR) is 1140 cm³/mol. The Kier molecular flexibility index (Phi) is 2650. The molecule has 0 bridgehead atoms. The van der Waals surface area contributed by atoms with Gasteiger partial charge in [-0.3, -0.25) is 0 Å². The van der Waals surface area contributed by atoms with Crippen LogP contribution < -0.4 is 0 Å². The Morgan fingerprint density at radius 3 is 0.230 bits per heavy atom. The molecule has 0 radical (unpaired) electrons. The molecule has 0 aliphatic heterocycles. The lowest BCUT2D eigenvalue weighted by Crippen LogP contribution is -2.35. The third kappa shape index (κ3) is 349. The molecule has 0 aromatic heterocycles. The van der Waals surface area contributed by atoms with Gasteiger partial charge in [-0.05, 0) is 71.0 Å². The minimum absolute atomic E-state index is 0. The van der Waals surface area contributed by atoms with Crippen LogP contribution in [0.3, 0.4) is 0 Å². The van der Waals surface area contributed by atoms with Gasteiger partial charge < -0.3 is 0 Å². The van der Waals surface area contributed by atoms with Crippen molar-refractivity contribution in [3.8, 4) is 0 Å². The average molecular weight is 8260 g/mol. The van der Waals surface area contributed by atoms with E-state index in [4.69, 9.17) is 0 Å². The van der Waals surface area contributed by atoms with Gasteiger partial charge in [0, 0.05) is 0 Å². The summed E-state index contributed by atoms with van der Waals surface area (Å²) in [7, 11) is 0. The van der Waals surface area contributed by atoms with Gasteiger partial charge in [0.25, 0.3) is 0 Å². The van der Waals surface area contributed by atoms with Crippen LogP contribution in [0, 0.1) is 71.0 Å². The molecule has 0 saturated carbocycles. The molecule has 100 heavy (non-hydrogen) atoms. The zero-order chi connectivity index (χ0) is 21.6. The van der Waals surface area contributed by atoms with E-state index in [2.05, 4.69) is 96.9 Å². The predicted octanol–water partition coefficient (Wildman–Crippen LogP) is 54.4. The first-order valence-electron chi connectivity index (χ1n) is 12.3. The van der Waals surface area contributed by atoms with Gasteiger partial charge in [-0.15, -0.1) is 1440 Å². The van der Waals surface area contributed by atoms with Gasteiger partial charge in [0.1, 0.15) is 0 Å². The third-order valence-electron chi connectivity index (χ3n) is 10.1. The molecule has 748 valence electrons. The molecular formula is C40H168I60. The SMILES string of the molecule is C.C.C.C.C.C.C.C.C.C.C.C.C.CCC(C)C(C)C(C)C(C)C(C)C(C)C(C)C(C)C(C)C(C)C(C)C(C)C.I.I.I.I.I.I.I.I.I.I.I.I.I.I.I.I.I.I.I.I.I.I.I.I.I.I.I.I.I.I.I.I.I.I.I.I.I.I.I.I.I.I.I.I.I.I.I.I.I.I.I.I.I.I.I.I.I.I.I.I. The fourth-order valence-electron chi connectivity index (χ4n) is 5.33. The second kappa shape index (κ2) is 440. The quantitative estimate of drug-likeness (QED) is 0.171. The highest BCUT2D eigenvalue weighted by Gasteiger charge is 2.35. The molecule has 0 saturated heterocycles. The van der Waals surface area contributed by atoms with E-state index in [9.17, 15) is 0 Å². The van der Waals surface area contributed by atoms with Crippen molar-refractivity contribution < 1.29 is 0 Å². The van der Waals surface area contributed by atoms with Gasteiger partial charge in [0.2, 0.25) is 0 Å². The normalized spacial score (nSPS) is 6.75. The first kappa shape index (κ1) is 602. The number of rotatable bonds is 12. The molecule has 0 aliphatic carbocycles. The largest absolute Gasteiger partial charge is 0.107 e. The molecule has 0 aliphatic rings. The van der Waals surface area contributed by atoms with Crippen LogP contribution in [0.25, 0.3) is 0 Å². The van der Waals surface area contributed by atoms with Crippen LogP contribution in [0.4, 0.5) is 0 Å². The summed E-state index contributed by atoms with van der Waals surface area (Å²) in [5.74, 6) is 9.56. The highest BCUT2D eigenvalue weighted by atomic mass is 127. The minimum Gasteiger partial charge on any atom is -0.107 e. The van der Waals surface area contributed by atoms with Crippen molar-refractivity contribution in [2.45, 2.75) is 200 Å².